The molecular weight excluding hydrogens is 210 g/mol. The first-order valence-electron chi connectivity index (χ1n) is 3.67. The average Bonchev–Trinajstić information content (AvgIpc) is 2.61. The van der Waals surface area contributed by atoms with Crippen LogP contribution in [0, 0.1) is 11.3 Å². The number of hydrogen-bond donors (Lipinski definition) is 1. The lowest BCUT2D eigenvalue weighted by Crippen LogP contribution is -2.28. The quantitative estimate of drug-likeness (QED) is 0.834. The van der Waals surface area contributed by atoms with E-state index < -0.39 is 18.9 Å². The molecular formula is C8H6F2N2OS. The van der Waals surface area contributed by atoms with Gasteiger partial charge in [0.2, 0.25) is 0 Å². The average molecular weight is 216 g/mol. The molecule has 6 heteroatoms. The standard InChI is InChI=1S/C8H6F2N2OS/c9-7(10)2-12-8(13)6-4-14-3-5(6)1-11/h3-4,7H,2H2,(H,12,13). The van der Waals surface area contributed by atoms with Gasteiger partial charge in [-0.2, -0.15) is 16.6 Å². The Hall–Kier alpha value is -1.48. The number of nitriles is 1. The molecule has 74 valence electrons. The monoisotopic (exact) mass is 216 g/mol. The van der Waals surface area contributed by atoms with Crippen molar-refractivity contribution in [3.63, 3.8) is 0 Å². The van der Waals surface area contributed by atoms with Gasteiger partial charge in [0.15, 0.2) is 0 Å². The van der Waals surface area contributed by atoms with Crippen molar-refractivity contribution in [1.82, 2.24) is 5.32 Å². The normalized spacial score (nSPS) is 9.86. The van der Waals surface area contributed by atoms with E-state index in [4.69, 9.17) is 5.26 Å². The molecule has 3 nitrogen and oxygen atoms in total. The smallest absolute Gasteiger partial charge is 0.255 e. The van der Waals surface area contributed by atoms with Crippen LogP contribution in [-0.2, 0) is 0 Å². The molecule has 1 N–H and O–H groups in total. The third-order valence-electron chi connectivity index (χ3n) is 1.44. The topological polar surface area (TPSA) is 52.9 Å². The Morgan fingerprint density at radius 1 is 1.64 bits per heavy atom. The summed E-state index contributed by atoms with van der Waals surface area (Å²) in [5, 5.41) is 13.5. The van der Waals surface area contributed by atoms with Crippen LogP contribution in [0.5, 0.6) is 0 Å². The zero-order valence-electron chi connectivity index (χ0n) is 6.96. The Bertz CT molecular complexity index is 370. The first kappa shape index (κ1) is 10.6. The van der Waals surface area contributed by atoms with E-state index in [0.29, 0.717) is 0 Å². The van der Waals surface area contributed by atoms with Crippen LogP contribution in [-0.4, -0.2) is 18.9 Å². The Morgan fingerprint density at radius 3 is 2.93 bits per heavy atom. The van der Waals surface area contributed by atoms with Gasteiger partial charge < -0.3 is 5.32 Å². The van der Waals surface area contributed by atoms with E-state index in [-0.39, 0.29) is 11.1 Å². The molecule has 0 saturated heterocycles. The highest BCUT2D eigenvalue weighted by Gasteiger charge is 2.13. The van der Waals surface area contributed by atoms with Crippen molar-refractivity contribution >= 4 is 17.2 Å². The van der Waals surface area contributed by atoms with Crippen LogP contribution in [0.15, 0.2) is 10.8 Å². The molecule has 0 fully saturated rings. The summed E-state index contributed by atoms with van der Waals surface area (Å²) in [6, 6.07) is 1.81. The molecule has 0 saturated carbocycles. The number of halogens is 2. The first-order valence-corrected chi connectivity index (χ1v) is 4.62. The highest BCUT2D eigenvalue weighted by molar-refractivity contribution is 7.08. The minimum Gasteiger partial charge on any atom is -0.346 e. The largest absolute Gasteiger partial charge is 0.346 e. The van der Waals surface area contributed by atoms with Gasteiger partial charge in [0.05, 0.1) is 17.7 Å². The van der Waals surface area contributed by atoms with Gasteiger partial charge >= 0.3 is 0 Å². The fourth-order valence-corrected chi connectivity index (χ4v) is 1.58. The van der Waals surface area contributed by atoms with Crippen molar-refractivity contribution in [3.8, 4) is 6.07 Å². The summed E-state index contributed by atoms with van der Waals surface area (Å²) in [5.41, 5.74) is 0.361. The Labute approximate surface area is 83.0 Å². The summed E-state index contributed by atoms with van der Waals surface area (Å²) >= 11 is 1.18. The molecule has 1 amide bonds. The molecule has 0 aliphatic heterocycles. The lowest BCUT2D eigenvalue weighted by molar-refractivity contribution is 0.0892. The summed E-state index contributed by atoms with van der Waals surface area (Å²) in [6.07, 6.45) is -2.58. The SMILES string of the molecule is N#Cc1cscc1C(=O)NCC(F)F. The predicted octanol–water partition coefficient (Wildman–Crippen LogP) is 1.61. The Balaban J connectivity index is 2.66. The lowest BCUT2D eigenvalue weighted by atomic mass is 10.2. The van der Waals surface area contributed by atoms with Crippen molar-refractivity contribution < 1.29 is 13.6 Å². The molecule has 1 aromatic heterocycles. The van der Waals surface area contributed by atoms with Gasteiger partial charge in [-0.05, 0) is 0 Å². The van der Waals surface area contributed by atoms with E-state index in [2.05, 4.69) is 0 Å². The number of rotatable bonds is 3. The second-order valence-electron chi connectivity index (χ2n) is 2.41. The van der Waals surface area contributed by atoms with Crippen molar-refractivity contribution in [1.29, 1.82) is 5.26 Å². The van der Waals surface area contributed by atoms with Crippen LogP contribution >= 0.6 is 11.3 Å². The van der Waals surface area contributed by atoms with Crippen LogP contribution in [0.3, 0.4) is 0 Å². The van der Waals surface area contributed by atoms with Crippen LogP contribution in [0.25, 0.3) is 0 Å². The third kappa shape index (κ3) is 2.50. The van der Waals surface area contributed by atoms with E-state index >= 15 is 0 Å². The molecule has 0 radical (unpaired) electrons. The zero-order chi connectivity index (χ0) is 10.6. The summed E-state index contributed by atoms with van der Waals surface area (Å²) in [5.74, 6) is -0.636. The second-order valence-corrected chi connectivity index (χ2v) is 3.16. The van der Waals surface area contributed by atoms with Crippen LogP contribution in [0.1, 0.15) is 15.9 Å². The predicted molar refractivity (Wildman–Crippen MR) is 47.4 cm³/mol. The molecule has 0 aliphatic rings. The number of amides is 1. The molecule has 1 heterocycles. The molecule has 0 aliphatic carbocycles. The van der Waals surface area contributed by atoms with Crippen molar-refractivity contribution in [2.24, 2.45) is 0 Å². The number of carbonyl (C=O) groups excluding carboxylic acids is 1. The van der Waals surface area contributed by atoms with Gasteiger partial charge in [-0.25, -0.2) is 8.78 Å². The second kappa shape index (κ2) is 4.67. The summed E-state index contributed by atoms with van der Waals surface area (Å²) in [4.78, 5) is 11.2. The van der Waals surface area contributed by atoms with Gasteiger partial charge in [0.25, 0.3) is 12.3 Å². The lowest BCUT2D eigenvalue weighted by Gasteiger charge is -2.02. The Morgan fingerprint density at radius 2 is 2.36 bits per heavy atom. The molecule has 0 unspecified atom stereocenters. The van der Waals surface area contributed by atoms with Gasteiger partial charge in [0.1, 0.15) is 6.07 Å². The van der Waals surface area contributed by atoms with Gasteiger partial charge in [0, 0.05) is 10.8 Å². The van der Waals surface area contributed by atoms with Crippen LogP contribution in [0.2, 0.25) is 0 Å². The zero-order valence-corrected chi connectivity index (χ0v) is 7.78. The molecule has 0 spiro atoms. The minimum absolute atomic E-state index is 0.151. The first-order chi connectivity index (χ1) is 6.65. The number of alkyl halides is 2. The summed E-state index contributed by atoms with van der Waals surface area (Å²) in [7, 11) is 0. The maximum atomic E-state index is 11.7. The molecule has 1 rings (SSSR count). The van der Waals surface area contributed by atoms with Gasteiger partial charge in [-0.15, -0.1) is 0 Å². The van der Waals surface area contributed by atoms with Crippen molar-refractivity contribution in [3.05, 3.63) is 21.9 Å². The van der Waals surface area contributed by atoms with Crippen LogP contribution < -0.4 is 5.32 Å². The van der Waals surface area contributed by atoms with Gasteiger partial charge in [-0.1, -0.05) is 0 Å². The summed E-state index contributed by atoms with van der Waals surface area (Å²) < 4.78 is 23.5. The van der Waals surface area contributed by atoms with E-state index in [1.807, 2.05) is 5.32 Å². The van der Waals surface area contributed by atoms with Crippen molar-refractivity contribution in [2.45, 2.75) is 6.43 Å². The fourth-order valence-electron chi connectivity index (χ4n) is 0.825. The van der Waals surface area contributed by atoms with E-state index in [1.165, 1.54) is 22.1 Å². The molecule has 0 atom stereocenters. The molecule has 0 bridgehead atoms. The van der Waals surface area contributed by atoms with Gasteiger partial charge in [-0.3, -0.25) is 4.79 Å². The van der Waals surface area contributed by atoms with E-state index in [1.54, 1.807) is 6.07 Å². The molecule has 0 aromatic carbocycles. The highest BCUT2D eigenvalue weighted by Crippen LogP contribution is 2.13. The maximum Gasteiger partial charge on any atom is 0.255 e. The fraction of sp³-hybridized carbons (Fsp3) is 0.250. The Kier molecular flexibility index (Phi) is 3.54. The number of hydrogen-bond acceptors (Lipinski definition) is 3. The van der Waals surface area contributed by atoms with Crippen LogP contribution in [0.4, 0.5) is 8.78 Å². The van der Waals surface area contributed by atoms with E-state index in [0.717, 1.165) is 0 Å². The minimum atomic E-state index is -2.58. The maximum absolute atomic E-state index is 11.7. The summed E-state index contributed by atoms with van der Waals surface area (Å²) in [6.45, 7) is -0.695. The number of nitrogens with one attached hydrogen (secondary N) is 1. The third-order valence-corrected chi connectivity index (χ3v) is 2.19. The molecule has 14 heavy (non-hydrogen) atoms. The number of nitrogens with zero attached hydrogens (tertiary/aromatic N) is 1. The van der Waals surface area contributed by atoms with E-state index in [9.17, 15) is 13.6 Å². The molecule has 1 aromatic rings. The highest BCUT2D eigenvalue weighted by atomic mass is 32.1. The number of thiophene rings is 1. The number of carbonyl (C=O) groups is 1. The van der Waals surface area contributed by atoms with Crippen molar-refractivity contribution in [2.75, 3.05) is 6.54 Å².